The van der Waals surface area contributed by atoms with Gasteiger partial charge in [-0.1, -0.05) is 46.9 Å². The molecule has 0 aliphatic carbocycles. The molecule has 160 valence electrons. The minimum absolute atomic E-state index is 0.102. The molecule has 3 aromatic carbocycles. The van der Waals surface area contributed by atoms with Gasteiger partial charge in [-0.05, 0) is 78.9 Å². The molecule has 31 heavy (non-hydrogen) atoms. The van der Waals surface area contributed by atoms with Crippen molar-refractivity contribution in [1.82, 2.24) is 0 Å². The third-order valence-electron chi connectivity index (χ3n) is 5.58. The molecule has 1 aliphatic heterocycles. The second-order valence-electron chi connectivity index (χ2n) is 7.59. The second kappa shape index (κ2) is 9.15. The summed E-state index contributed by atoms with van der Waals surface area (Å²) in [6.45, 7) is 0. The van der Waals surface area contributed by atoms with Crippen molar-refractivity contribution in [2.24, 2.45) is 5.92 Å². The number of amides is 1. The molecule has 7 heteroatoms. The van der Waals surface area contributed by atoms with Gasteiger partial charge in [0.1, 0.15) is 0 Å². The largest absolute Gasteiger partial charge is 0.305 e. The van der Waals surface area contributed by atoms with E-state index >= 15 is 0 Å². The highest BCUT2D eigenvalue weighted by Gasteiger charge is 2.38. The van der Waals surface area contributed by atoms with E-state index < -0.39 is 11.6 Å². The molecule has 0 N–H and O–H groups in total. The van der Waals surface area contributed by atoms with Crippen molar-refractivity contribution in [3.05, 3.63) is 98.5 Å². The van der Waals surface area contributed by atoms with Crippen molar-refractivity contribution in [3.63, 3.8) is 0 Å². The van der Waals surface area contributed by atoms with E-state index in [0.29, 0.717) is 45.6 Å². The van der Waals surface area contributed by atoms with E-state index in [4.69, 9.17) is 34.8 Å². The van der Waals surface area contributed by atoms with Gasteiger partial charge >= 0.3 is 0 Å². The molecule has 3 aromatic rings. The van der Waals surface area contributed by atoms with Gasteiger partial charge in [0.05, 0.1) is 6.04 Å². The molecule has 1 heterocycles. The van der Waals surface area contributed by atoms with E-state index in [9.17, 15) is 13.6 Å². The van der Waals surface area contributed by atoms with E-state index in [-0.39, 0.29) is 17.9 Å². The zero-order valence-corrected chi connectivity index (χ0v) is 18.6. The van der Waals surface area contributed by atoms with E-state index in [1.807, 2.05) is 6.07 Å². The van der Waals surface area contributed by atoms with Crippen LogP contribution in [0.25, 0.3) is 0 Å². The maximum atomic E-state index is 13.7. The number of rotatable bonds is 4. The Morgan fingerprint density at radius 1 is 0.839 bits per heavy atom. The summed E-state index contributed by atoms with van der Waals surface area (Å²) in [6.07, 6.45) is 1.57. The number of carbonyl (C=O) groups is 1. The van der Waals surface area contributed by atoms with Crippen LogP contribution in [0.3, 0.4) is 0 Å². The molecule has 1 fully saturated rings. The summed E-state index contributed by atoms with van der Waals surface area (Å²) in [5.74, 6) is -2.29. The van der Waals surface area contributed by atoms with Crippen LogP contribution in [0, 0.1) is 17.6 Å². The predicted octanol–water partition coefficient (Wildman–Crippen LogP) is 7.65. The van der Waals surface area contributed by atoms with Crippen LogP contribution in [-0.4, -0.2) is 5.91 Å². The molecule has 4 rings (SSSR count). The minimum Gasteiger partial charge on any atom is -0.305 e. The van der Waals surface area contributed by atoms with Crippen molar-refractivity contribution >= 4 is 46.4 Å². The van der Waals surface area contributed by atoms with Gasteiger partial charge in [0.15, 0.2) is 11.6 Å². The lowest BCUT2D eigenvalue weighted by molar-refractivity contribution is -0.124. The average Bonchev–Trinajstić information content (AvgIpc) is 2.73. The van der Waals surface area contributed by atoms with Crippen LogP contribution < -0.4 is 4.90 Å². The maximum absolute atomic E-state index is 13.7. The van der Waals surface area contributed by atoms with Crippen LogP contribution in [0.5, 0.6) is 0 Å². The van der Waals surface area contributed by atoms with Gasteiger partial charge in [-0.2, -0.15) is 0 Å². The molecule has 0 radical (unpaired) electrons. The highest BCUT2D eigenvalue weighted by atomic mass is 35.5. The molecule has 0 bridgehead atoms. The maximum Gasteiger partial charge on any atom is 0.231 e. The molecule has 1 saturated heterocycles. The molecule has 1 aliphatic rings. The fourth-order valence-electron chi connectivity index (χ4n) is 4.08. The molecule has 2 atom stereocenters. The standard InChI is InChI=1S/C24H18Cl3F2NO/c25-16-3-6-18(7-4-16)30-23(19-8-5-17(26)13-20(19)27)10-2-15(24(30)31)11-14-1-9-21(28)22(29)12-14/h1,3-9,12-13,15,23H,2,10-11H2/t15-,23-/m1/s1. The first-order valence-electron chi connectivity index (χ1n) is 9.81. The zero-order chi connectivity index (χ0) is 22.1. The molecular formula is C24H18Cl3F2NO. The zero-order valence-electron chi connectivity index (χ0n) is 16.3. The number of piperidine rings is 1. The van der Waals surface area contributed by atoms with Gasteiger partial charge in [0.2, 0.25) is 5.91 Å². The van der Waals surface area contributed by atoms with E-state index in [2.05, 4.69) is 0 Å². The summed E-state index contributed by atoms with van der Waals surface area (Å²) in [5.41, 5.74) is 2.08. The van der Waals surface area contributed by atoms with Crippen LogP contribution in [0.1, 0.15) is 30.0 Å². The Bertz CT molecular complexity index is 1120. The Morgan fingerprint density at radius 3 is 2.23 bits per heavy atom. The third kappa shape index (κ3) is 4.72. The number of anilines is 1. The molecule has 1 amide bonds. The topological polar surface area (TPSA) is 20.3 Å². The van der Waals surface area contributed by atoms with Crippen molar-refractivity contribution < 1.29 is 13.6 Å². The number of hydrogen-bond donors (Lipinski definition) is 0. The summed E-state index contributed by atoms with van der Waals surface area (Å²) in [5, 5.41) is 1.57. The fraction of sp³-hybridized carbons (Fsp3) is 0.208. The Morgan fingerprint density at radius 2 is 1.55 bits per heavy atom. The Hall–Kier alpha value is -2.14. The molecule has 0 aromatic heterocycles. The van der Waals surface area contributed by atoms with Gasteiger partial charge in [0.25, 0.3) is 0 Å². The van der Waals surface area contributed by atoms with E-state index in [1.54, 1.807) is 41.3 Å². The normalized spacial score (nSPS) is 19.0. The Kier molecular flexibility index (Phi) is 6.52. The second-order valence-corrected chi connectivity index (χ2v) is 8.87. The number of hydrogen-bond acceptors (Lipinski definition) is 1. The van der Waals surface area contributed by atoms with Crippen molar-refractivity contribution in [3.8, 4) is 0 Å². The van der Waals surface area contributed by atoms with Crippen LogP contribution in [0.2, 0.25) is 15.1 Å². The molecule has 2 nitrogen and oxygen atoms in total. The van der Waals surface area contributed by atoms with Crippen LogP contribution in [0.4, 0.5) is 14.5 Å². The summed E-state index contributed by atoms with van der Waals surface area (Å²) >= 11 is 18.6. The summed E-state index contributed by atoms with van der Waals surface area (Å²) in [4.78, 5) is 15.3. The van der Waals surface area contributed by atoms with Crippen LogP contribution >= 0.6 is 34.8 Å². The molecule has 0 unspecified atom stereocenters. The van der Waals surface area contributed by atoms with Gasteiger partial charge in [-0.15, -0.1) is 0 Å². The quantitative estimate of drug-likeness (QED) is 0.375. The number of halogens is 5. The average molecular weight is 481 g/mol. The van der Waals surface area contributed by atoms with Crippen molar-refractivity contribution in [1.29, 1.82) is 0 Å². The summed E-state index contributed by atoms with van der Waals surface area (Å²) in [6, 6.07) is 15.8. The monoisotopic (exact) mass is 479 g/mol. The lowest BCUT2D eigenvalue weighted by Gasteiger charge is -2.40. The van der Waals surface area contributed by atoms with Crippen molar-refractivity contribution in [2.75, 3.05) is 4.90 Å². The lowest BCUT2D eigenvalue weighted by atomic mass is 9.84. The summed E-state index contributed by atoms with van der Waals surface area (Å²) in [7, 11) is 0. The van der Waals surface area contributed by atoms with E-state index in [1.165, 1.54) is 6.07 Å². The number of carbonyl (C=O) groups excluding carboxylic acids is 1. The lowest BCUT2D eigenvalue weighted by Crippen LogP contribution is -2.44. The highest BCUT2D eigenvalue weighted by Crippen LogP contribution is 2.42. The van der Waals surface area contributed by atoms with Gasteiger partial charge in [-0.25, -0.2) is 8.78 Å². The van der Waals surface area contributed by atoms with Gasteiger partial charge in [0, 0.05) is 26.7 Å². The molecule has 0 spiro atoms. The predicted molar refractivity (Wildman–Crippen MR) is 121 cm³/mol. The fourth-order valence-corrected chi connectivity index (χ4v) is 4.74. The molecule has 0 saturated carbocycles. The number of benzene rings is 3. The minimum atomic E-state index is -0.916. The first kappa shape index (κ1) is 22.1. The highest BCUT2D eigenvalue weighted by molar-refractivity contribution is 6.35. The number of nitrogens with zero attached hydrogens (tertiary/aromatic N) is 1. The summed E-state index contributed by atoms with van der Waals surface area (Å²) < 4.78 is 27.0. The van der Waals surface area contributed by atoms with Crippen LogP contribution in [-0.2, 0) is 11.2 Å². The van der Waals surface area contributed by atoms with Gasteiger partial charge in [-0.3, -0.25) is 4.79 Å². The Labute approximate surface area is 194 Å². The first-order chi connectivity index (χ1) is 14.8. The van der Waals surface area contributed by atoms with Crippen molar-refractivity contribution in [2.45, 2.75) is 25.3 Å². The third-order valence-corrected chi connectivity index (χ3v) is 6.39. The SMILES string of the molecule is O=C1[C@@H](Cc2ccc(F)c(F)c2)CC[C@H](c2ccc(Cl)cc2Cl)N1c1ccc(Cl)cc1. The Balaban J connectivity index is 1.69. The van der Waals surface area contributed by atoms with Crippen LogP contribution in [0.15, 0.2) is 60.7 Å². The first-order valence-corrected chi connectivity index (χ1v) is 10.9. The van der Waals surface area contributed by atoms with E-state index in [0.717, 1.165) is 17.7 Å². The smallest absolute Gasteiger partial charge is 0.231 e. The van der Waals surface area contributed by atoms with Gasteiger partial charge < -0.3 is 4.90 Å². The molecular weight excluding hydrogens is 463 g/mol.